The molecular formula is C11H14ClNO. The molecule has 0 saturated carbocycles. The molecule has 2 rings (SSSR count). The number of benzene rings is 1. The van der Waals surface area contributed by atoms with Gasteiger partial charge >= 0.3 is 0 Å². The van der Waals surface area contributed by atoms with Gasteiger partial charge in [-0.25, -0.2) is 0 Å². The van der Waals surface area contributed by atoms with E-state index in [0.717, 1.165) is 36.9 Å². The highest BCUT2D eigenvalue weighted by Crippen LogP contribution is 2.22. The molecule has 1 aliphatic rings. The zero-order chi connectivity index (χ0) is 9.97. The number of morpholine rings is 1. The van der Waals surface area contributed by atoms with Crippen LogP contribution in [0.15, 0.2) is 18.2 Å². The molecule has 76 valence electrons. The molecule has 0 atom stereocenters. The lowest BCUT2D eigenvalue weighted by Crippen LogP contribution is -2.36. The van der Waals surface area contributed by atoms with Crippen molar-refractivity contribution >= 4 is 17.3 Å². The summed E-state index contributed by atoms with van der Waals surface area (Å²) < 4.78 is 5.31. The summed E-state index contributed by atoms with van der Waals surface area (Å²) in [7, 11) is 0. The van der Waals surface area contributed by atoms with Crippen LogP contribution in [0.1, 0.15) is 5.56 Å². The van der Waals surface area contributed by atoms with Crippen molar-refractivity contribution in [3.63, 3.8) is 0 Å². The molecule has 2 nitrogen and oxygen atoms in total. The highest BCUT2D eigenvalue weighted by molar-refractivity contribution is 6.31. The third-order valence-electron chi connectivity index (χ3n) is 2.52. The normalized spacial score (nSPS) is 17.1. The number of hydrogen-bond donors (Lipinski definition) is 0. The van der Waals surface area contributed by atoms with Crippen LogP contribution in [0.25, 0.3) is 0 Å². The Kier molecular flexibility index (Phi) is 2.94. The monoisotopic (exact) mass is 211 g/mol. The summed E-state index contributed by atoms with van der Waals surface area (Å²) in [6, 6.07) is 6.16. The number of ether oxygens (including phenoxy) is 1. The maximum absolute atomic E-state index is 5.98. The Morgan fingerprint density at radius 3 is 2.64 bits per heavy atom. The van der Waals surface area contributed by atoms with E-state index >= 15 is 0 Å². The first-order valence-electron chi connectivity index (χ1n) is 4.86. The Hall–Kier alpha value is -0.730. The van der Waals surface area contributed by atoms with E-state index in [9.17, 15) is 0 Å². The lowest BCUT2D eigenvalue weighted by Gasteiger charge is -2.29. The van der Waals surface area contributed by atoms with Gasteiger partial charge in [-0.1, -0.05) is 11.6 Å². The SMILES string of the molecule is Cc1cc(N2CCOCC2)ccc1Cl. The molecule has 1 aromatic rings. The molecule has 0 amide bonds. The summed E-state index contributed by atoms with van der Waals surface area (Å²) in [5.74, 6) is 0. The van der Waals surface area contributed by atoms with Gasteiger partial charge in [0.15, 0.2) is 0 Å². The fraction of sp³-hybridized carbons (Fsp3) is 0.455. The average molecular weight is 212 g/mol. The number of hydrogen-bond acceptors (Lipinski definition) is 2. The lowest BCUT2D eigenvalue weighted by atomic mass is 10.2. The first kappa shape index (κ1) is 9.81. The molecule has 0 N–H and O–H groups in total. The Balaban J connectivity index is 2.18. The number of nitrogens with zero attached hydrogens (tertiary/aromatic N) is 1. The minimum atomic E-state index is 0.821. The fourth-order valence-electron chi connectivity index (χ4n) is 1.65. The number of anilines is 1. The summed E-state index contributed by atoms with van der Waals surface area (Å²) in [6.07, 6.45) is 0. The van der Waals surface area contributed by atoms with Crippen molar-refractivity contribution in [2.45, 2.75) is 6.92 Å². The van der Waals surface area contributed by atoms with E-state index < -0.39 is 0 Å². The second-order valence-corrected chi connectivity index (χ2v) is 3.94. The predicted octanol–water partition coefficient (Wildman–Crippen LogP) is 2.49. The minimum Gasteiger partial charge on any atom is -0.378 e. The molecule has 1 aliphatic heterocycles. The van der Waals surface area contributed by atoms with E-state index in [4.69, 9.17) is 16.3 Å². The van der Waals surface area contributed by atoms with Crippen LogP contribution < -0.4 is 4.90 Å². The van der Waals surface area contributed by atoms with Crippen LogP contribution in [0.2, 0.25) is 5.02 Å². The van der Waals surface area contributed by atoms with Gasteiger partial charge in [0.05, 0.1) is 13.2 Å². The van der Waals surface area contributed by atoms with Crippen molar-refractivity contribution in [2.75, 3.05) is 31.2 Å². The first-order valence-corrected chi connectivity index (χ1v) is 5.24. The first-order chi connectivity index (χ1) is 6.77. The van der Waals surface area contributed by atoms with Crippen LogP contribution in [0.3, 0.4) is 0 Å². The number of aryl methyl sites for hydroxylation is 1. The van der Waals surface area contributed by atoms with Crippen LogP contribution in [-0.2, 0) is 4.74 Å². The third-order valence-corrected chi connectivity index (χ3v) is 2.94. The molecular weight excluding hydrogens is 198 g/mol. The highest BCUT2D eigenvalue weighted by atomic mass is 35.5. The topological polar surface area (TPSA) is 12.5 Å². The van der Waals surface area contributed by atoms with Gasteiger partial charge in [0.25, 0.3) is 0 Å². The zero-order valence-corrected chi connectivity index (χ0v) is 9.05. The van der Waals surface area contributed by atoms with E-state index in [0.29, 0.717) is 0 Å². The van der Waals surface area contributed by atoms with Crippen molar-refractivity contribution in [1.82, 2.24) is 0 Å². The van der Waals surface area contributed by atoms with E-state index in [2.05, 4.69) is 17.0 Å². The van der Waals surface area contributed by atoms with Gasteiger partial charge < -0.3 is 9.64 Å². The Labute approximate surface area is 89.4 Å². The van der Waals surface area contributed by atoms with Gasteiger partial charge in [-0.05, 0) is 30.7 Å². The largest absolute Gasteiger partial charge is 0.378 e. The maximum atomic E-state index is 5.98. The Morgan fingerprint density at radius 1 is 1.29 bits per heavy atom. The Morgan fingerprint density at radius 2 is 2.00 bits per heavy atom. The van der Waals surface area contributed by atoms with Crippen molar-refractivity contribution in [3.05, 3.63) is 28.8 Å². The predicted molar refractivity (Wildman–Crippen MR) is 59.2 cm³/mol. The molecule has 0 unspecified atom stereocenters. The average Bonchev–Trinajstić information content (AvgIpc) is 2.23. The van der Waals surface area contributed by atoms with Crippen LogP contribution in [0, 0.1) is 6.92 Å². The molecule has 0 bridgehead atoms. The van der Waals surface area contributed by atoms with E-state index in [-0.39, 0.29) is 0 Å². The van der Waals surface area contributed by atoms with Gasteiger partial charge in [0.2, 0.25) is 0 Å². The zero-order valence-electron chi connectivity index (χ0n) is 8.29. The van der Waals surface area contributed by atoms with E-state index in [1.807, 2.05) is 13.0 Å². The van der Waals surface area contributed by atoms with E-state index in [1.165, 1.54) is 5.69 Å². The molecule has 14 heavy (non-hydrogen) atoms. The van der Waals surface area contributed by atoms with Crippen LogP contribution >= 0.6 is 11.6 Å². The molecule has 0 radical (unpaired) electrons. The summed E-state index contributed by atoms with van der Waals surface area (Å²) in [5.41, 5.74) is 2.38. The number of rotatable bonds is 1. The lowest BCUT2D eigenvalue weighted by molar-refractivity contribution is 0.122. The second-order valence-electron chi connectivity index (χ2n) is 3.53. The molecule has 1 aromatic carbocycles. The molecule has 0 aliphatic carbocycles. The molecule has 1 heterocycles. The van der Waals surface area contributed by atoms with Crippen molar-refractivity contribution in [1.29, 1.82) is 0 Å². The molecule has 3 heteroatoms. The number of halogens is 1. The second kappa shape index (κ2) is 4.20. The van der Waals surface area contributed by atoms with Crippen LogP contribution in [0.5, 0.6) is 0 Å². The summed E-state index contributed by atoms with van der Waals surface area (Å²) in [4.78, 5) is 2.33. The van der Waals surface area contributed by atoms with Crippen molar-refractivity contribution in [2.24, 2.45) is 0 Å². The molecule has 0 spiro atoms. The standard InChI is InChI=1S/C11H14ClNO/c1-9-8-10(2-3-11(9)12)13-4-6-14-7-5-13/h2-3,8H,4-7H2,1H3. The van der Waals surface area contributed by atoms with Crippen molar-refractivity contribution < 1.29 is 4.74 Å². The fourth-order valence-corrected chi connectivity index (χ4v) is 1.76. The summed E-state index contributed by atoms with van der Waals surface area (Å²) in [6.45, 7) is 5.62. The van der Waals surface area contributed by atoms with Crippen LogP contribution in [-0.4, -0.2) is 26.3 Å². The Bertz CT molecular complexity index is 321. The van der Waals surface area contributed by atoms with Gasteiger partial charge in [-0.15, -0.1) is 0 Å². The quantitative estimate of drug-likeness (QED) is 0.708. The van der Waals surface area contributed by atoms with Crippen molar-refractivity contribution in [3.8, 4) is 0 Å². The van der Waals surface area contributed by atoms with Gasteiger partial charge in [0.1, 0.15) is 0 Å². The van der Waals surface area contributed by atoms with Gasteiger partial charge in [0, 0.05) is 23.8 Å². The van der Waals surface area contributed by atoms with E-state index in [1.54, 1.807) is 0 Å². The smallest absolute Gasteiger partial charge is 0.0642 e. The van der Waals surface area contributed by atoms with Crippen LogP contribution in [0.4, 0.5) is 5.69 Å². The summed E-state index contributed by atoms with van der Waals surface area (Å²) >= 11 is 5.98. The summed E-state index contributed by atoms with van der Waals surface area (Å²) in [5, 5.41) is 0.835. The van der Waals surface area contributed by atoms with Gasteiger partial charge in [-0.3, -0.25) is 0 Å². The maximum Gasteiger partial charge on any atom is 0.0642 e. The highest BCUT2D eigenvalue weighted by Gasteiger charge is 2.11. The molecule has 0 aromatic heterocycles. The molecule has 1 fully saturated rings. The molecule has 1 saturated heterocycles. The van der Waals surface area contributed by atoms with Gasteiger partial charge in [-0.2, -0.15) is 0 Å². The minimum absolute atomic E-state index is 0.821. The third kappa shape index (κ3) is 2.02.